The van der Waals surface area contributed by atoms with E-state index in [9.17, 15) is 4.79 Å². The quantitative estimate of drug-likeness (QED) is 0.0937. The van der Waals surface area contributed by atoms with Crippen LogP contribution in [0.2, 0.25) is 0 Å². The molecule has 3 N–H and O–H groups in total. The molecule has 3 aromatic rings. The predicted molar refractivity (Wildman–Crippen MR) is 150 cm³/mol. The molecular formula is C31H40N2O3. The molecule has 0 bridgehead atoms. The van der Waals surface area contributed by atoms with Crippen molar-refractivity contribution in [3.63, 3.8) is 0 Å². The third-order valence-corrected chi connectivity index (χ3v) is 6.25. The van der Waals surface area contributed by atoms with E-state index in [4.69, 9.17) is 15.2 Å². The number of esters is 1. The number of hydrogen-bond acceptors (Lipinski definition) is 5. The van der Waals surface area contributed by atoms with Gasteiger partial charge in [-0.1, -0.05) is 81.5 Å². The first kappa shape index (κ1) is 27.1. The minimum atomic E-state index is -0.284. The smallest absolute Gasteiger partial charge is 0.333 e. The van der Waals surface area contributed by atoms with Gasteiger partial charge in [-0.25, -0.2) is 4.79 Å². The summed E-state index contributed by atoms with van der Waals surface area (Å²) in [4.78, 5) is 11.3. The average molecular weight is 489 g/mol. The fraction of sp³-hybridized carbons (Fsp3) is 0.387. The third-order valence-electron chi connectivity index (χ3n) is 6.25. The lowest BCUT2D eigenvalue weighted by Crippen LogP contribution is -2.05. The lowest BCUT2D eigenvalue weighted by Gasteiger charge is -2.12. The number of hydrogen-bond donors (Lipinski definition) is 2. The highest BCUT2D eigenvalue weighted by molar-refractivity contribution is 6.01. The van der Waals surface area contributed by atoms with Crippen LogP contribution in [-0.2, 0) is 16.1 Å². The molecule has 0 unspecified atom stereocenters. The van der Waals surface area contributed by atoms with E-state index in [1.807, 2.05) is 36.4 Å². The summed E-state index contributed by atoms with van der Waals surface area (Å²) in [7, 11) is 0. The highest BCUT2D eigenvalue weighted by atomic mass is 16.5. The van der Waals surface area contributed by atoms with Crippen LogP contribution < -0.4 is 15.8 Å². The van der Waals surface area contributed by atoms with Crippen molar-refractivity contribution in [1.82, 2.24) is 0 Å². The van der Waals surface area contributed by atoms with Crippen LogP contribution in [0.1, 0.15) is 63.9 Å². The second-order valence-corrected chi connectivity index (χ2v) is 9.34. The van der Waals surface area contributed by atoms with Gasteiger partial charge in [-0.05, 0) is 49.6 Å². The summed E-state index contributed by atoms with van der Waals surface area (Å²) < 4.78 is 11.0. The van der Waals surface area contributed by atoms with Crippen molar-refractivity contribution < 1.29 is 14.3 Å². The molecule has 0 saturated heterocycles. The van der Waals surface area contributed by atoms with Gasteiger partial charge in [0.05, 0.1) is 13.2 Å². The van der Waals surface area contributed by atoms with Crippen LogP contribution in [0.4, 0.5) is 11.4 Å². The summed E-state index contributed by atoms with van der Waals surface area (Å²) in [6.07, 6.45) is 9.20. The van der Waals surface area contributed by atoms with Crippen LogP contribution in [0.25, 0.3) is 10.8 Å². The summed E-state index contributed by atoms with van der Waals surface area (Å²) in [6.45, 7) is 7.25. The Bertz CT molecular complexity index is 1110. The minimum Gasteiger partial charge on any atom is -0.494 e. The van der Waals surface area contributed by atoms with Crippen molar-refractivity contribution in [2.45, 2.75) is 64.8 Å². The molecule has 36 heavy (non-hydrogen) atoms. The molecule has 0 spiro atoms. The fourth-order valence-corrected chi connectivity index (χ4v) is 4.12. The predicted octanol–water partition coefficient (Wildman–Crippen LogP) is 7.65. The Morgan fingerprint density at radius 1 is 0.806 bits per heavy atom. The number of carbonyl (C=O) groups is 1. The first-order valence-corrected chi connectivity index (χ1v) is 13.1. The zero-order valence-electron chi connectivity index (χ0n) is 21.6. The number of nitrogen functional groups attached to an aromatic ring is 1. The Labute approximate surface area is 215 Å². The molecule has 0 aromatic heterocycles. The van der Waals surface area contributed by atoms with Crippen LogP contribution in [0, 0.1) is 0 Å². The second kappa shape index (κ2) is 14.8. The van der Waals surface area contributed by atoms with Gasteiger partial charge in [0, 0.05) is 34.3 Å². The second-order valence-electron chi connectivity index (χ2n) is 9.34. The maximum absolute atomic E-state index is 11.3. The number of fused-ring (bicyclic) bond motifs is 1. The number of ether oxygens (including phenoxy) is 2. The zero-order valence-corrected chi connectivity index (χ0v) is 21.6. The molecule has 0 heterocycles. The van der Waals surface area contributed by atoms with Gasteiger partial charge in [-0.15, -0.1) is 0 Å². The summed E-state index contributed by atoms with van der Waals surface area (Å²) >= 11 is 0. The molecule has 5 heteroatoms. The number of benzene rings is 3. The van der Waals surface area contributed by atoms with Gasteiger partial charge in [0.15, 0.2) is 0 Å². The third kappa shape index (κ3) is 8.95. The van der Waals surface area contributed by atoms with Gasteiger partial charge < -0.3 is 20.5 Å². The first-order valence-electron chi connectivity index (χ1n) is 13.1. The molecule has 0 saturated carbocycles. The van der Waals surface area contributed by atoms with Gasteiger partial charge in [0.1, 0.15) is 5.75 Å². The first-order chi connectivity index (χ1) is 17.5. The summed E-state index contributed by atoms with van der Waals surface area (Å²) in [5.41, 5.74) is 9.67. The molecule has 3 aromatic carbocycles. The van der Waals surface area contributed by atoms with E-state index >= 15 is 0 Å². The lowest BCUT2D eigenvalue weighted by molar-refractivity contribution is -0.139. The molecule has 0 aliphatic carbocycles. The number of unbranched alkanes of at least 4 members (excludes halogenated alkanes) is 7. The van der Waals surface area contributed by atoms with Crippen molar-refractivity contribution >= 4 is 28.1 Å². The molecule has 0 radical (unpaired) electrons. The Morgan fingerprint density at radius 2 is 1.42 bits per heavy atom. The molecule has 0 aliphatic heterocycles. The maximum atomic E-state index is 11.3. The van der Waals surface area contributed by atoms with Crippen LogP contribution in [0.15, 0.2) is 72.8 Å². The van der Waals surface area contributed by atoms with Gasteiger partial charge in [-0.3, -0.25) is 0 Å². The van der Waals surface area contributed by atoms with Crippen LogP contribution in [0.3, 0.4) is 0 Å². The molecule has 192 valence electrons. The van der Waals surface area contributed by atoms with E-state index in [0.29, 0.717) is 12.2 Å². The van der Waals surface area contributed by atoms with E-state index in [1.165, 1.54) is 37.7 Å². The van der Waals surface area contributed by atoms with Crippen molar-refractivity contribution in [3.05, 3.63) is 78.4 Å². The monoisotopic (exact) mass is 488 g/mol. The molecule has 0 amide bonds. The number of anilines is 2. The van der Waals surface area contributed by atoms with E-state index < -0.39 is 0 Å². The largest absolute Gasteiger partial charge is 0.494 e. The SMILES string of the molecule is C=C(C)C(=O)OCCCCCCCCCCOc1ccc(CNc2ccc(N)c3ccccc23)cc1. The molecule has 0 aliphatic rings. The average Bonchev–Trinajstić information content (AvgIpc) is 2.89. The summed E-state index contributed by atoms with van der Waals surface area (Å²) in [6, 6.07) is 20.5. The van der Waals surface area contributed by atoms with Gasteiger partial charge in [0.25, 0.3) is 0 Å². The molecular weight excluding hydrogens is 448 g/mol. The molecule has 5 nitrogen and oxygen atoms in total. The van der Waals surface area contributed by atoms with Crippen molar-refractivity contribution in [3.8, 4) is 5.75 Å². The summed E-state index contributed by atoms with van der Waals surface area (Å²) in [5, 5.41) is 5.74. The van der Waals surface area contributed by atoms with Crippen molar-refractivity contribution in [2.75, 3.05) is 24.3 Å². The Kier molecular flexibility index (Phi) is 11.2. The number of rotatable bonds is 16. The maximum Gasteiger partial charge on any atom is 0.333 e. The van der Waals surface area contributed by atoms with Gasteiger partial charge in [0.2, 0.25) is 0 Å². The zero-order chi connectivity index (χ0) is 25.6. The minimum absolute atomic E-state index is 0.284. The van der Waals surface area contributed by atoms with Crippen LogP contribution >= 0.6 is 0 Å². The Hall–Kier alpha value is -3.47. The standard InChI is InChI=1S/C31H40N2O3/c1-24(2)31(34)36-22-12-8-6-4-3-5-7-11-21-35-26-17-15-25(16-18-26)23-33-30-20-19-29(32)27-13-9-10-14-28(27)30/h9-10,13-20,33H,1,3-8,11-12,21-23,32H2,2H3. The van der Waals surface area contributed by atoms with E-state index in [2.05, 4.69) is 36.2 Å². The number of nitrogens with two attached hydrogens (primary N) is 1. The van der Waals surface area contributed by atoms with Gasteiger partial charge >= 0.3 is 5.97 Å². The number of nitrogens with one attached hydrogen (secondary N) is 1. The number of carbonyl (C=O) groups excluding carboxylic acids is 1. The fourth-order valence-electron chi connectivity index (χ4n) is 4.12. The molecule has 0 atom stereocenters. The lowest BCUT2D eigenvalue weighted by atomic mass is 10.1. The van der Waals surface area contributed by atoms with E-state index in [-0.39, 0.29) is 5.97 Å². The normalized spacial score (nSPS) is 10.8. The van der Waals surface area contributed by atoms with Crippen LogP contribution in [-0.4, -0.2) is 19.2 Å². The van der Waals surface area contributed by atoms with Crippen LogP contribution in [0.5, 0.6) is 5.75 Å². The Balaban J connectivity index is 1.23. The summed E-state index contributed by atoms with van der Waals surface area (Å²) in [5.74, 6) is 0.636. The van der Waals surface area contributed by atoms with Gasteiger partial charge in [-0.2, -0.15) is 0 Å². The Morgan fingerprint density at radius 3 is 2.08 bits per heavy atom. The van der Waals surface area contributed by atoms with Crippen molar-refractivity contribution in [1.29, 1.82) is 0 Å². The molecule has 0 fully saturated rings. The van der Waals surface area contributed by atoms with E-state index in [1.54, 1.807) is 6.92 Å². The van der Waals surface area contributed by atoms with Crippen molar-refractivity contribution in [2.24, 2.45) is 0 Å². The highest BCUT2D eigenvalue weighted by Gasteiger charge is 2.04. The topological polar surface area (TPSA) is 73.6 Å². The molecule has 3 rings (SSSR count). The van der Waals surface area contributed by atoms with E-state index in [0.717, 1.165) is 60.3 Å². The highest BCUT2D eigenvalue weighted by Crippen LogP contribution is 2.28.